The summed E-state index contributed by atoms with van der Waals surface area (Å²) in [6, 6.07) is 13.8. The number of carbonyl (C=O) groups excluding carboxylic acids is 1. The highest BCUT2D eigenvalue weighted by Crippen LogP contribution is 2.29. The number of piperidine rings is 2. The molecule has 2 aliphatic rings. The van der Waals surface area contributed by atoms with Gasteiger partial charge in [0.2, 0.25) is 17.6 Å². The highest BCUT2D eigenvalue weighted by atomic mass is 35.5. The van der Waals surface area contributed by atoms with Crippen LogP contribution in [0.5, 0.6) is 0 Å². The average molecular weight is 557 g/mol. The van der Waals surface area contributed by atoms with Crippen LogP contribution in [0.3, 0.4) is 0 Å². The van der Waals surface area contributed by atoms with E-state index in [9.17, 15) is 4.79 Å². The number of rotatable bonds is 8. The number of likely N-dealkylation sites (tertiary alicyclic amines) is 2. The fraction of sp³-hybridized carbons (Fsp3) is 0.483. The number of carbonyl (C=O) groups is 1. The standard InChI is InChI=1S/C29H35Cl2N5O2/c1-20-4-3-11-36(17-20)18-22-6-2-5-21(14-22)16-32-29(37)23-9-12-35(13-10-23)19-27-33-28(34-38-27)25-8-7-24(30)15-26(25)31/h2,5-8,14-15,20,23H,3-4,9-13,16-19H2,1H3,(H,32,37). The van der Waals surface area contributed by atoms with Crippen molar-refractivity contribution < 1.29 is 9.32 Å². The second-order valence-electron chi connectivity index (χ2n) is 10.7. The number of halogens is 2. The molecule has 5 rings (SSSR count). The van der Waals surface area contributed by atoms with Gasteiger partial charge in [0.25, 0.3) is 0 Å². The minimum atomic E-state index is 0.0235. The van der Waals surface area contributed by atoms with E-state index in [4.69, 9.17) is 27.7 Å². The van der Waals surface area contributed by atoms with Crippen LogP contribution in [-0.4, -0.2) is 52.0 Å². The Labute approximate surface area is 234 Å². The molecule has 2 fully saturated rings. The van der Waals surface area contributed by atoms with Crippen LogP contribution < -0.4 is 5.32 Å². The van der Waals surface area contributed by atoms with Crippen LogP contribution >= 0.6 is 23.2 Å². The van der Waals surface area contributed by atoms with E-state index in [-0.39, 0.29) is 11.8 Å². The molecule has 2 aliphatic heterocycles. The van der Waals surface area contributed by atoms with Crippen LogP contribution in [0.4, 0.5) is 0 Å². The van der Waals surface area contributed by atoms with Gasteiger partial charge in [0.15, 0.2) is 0 Å². The summed E-state index contributed by atoms with van der Waals surface area (Å²) < 4.78 is 5.45. The van der Waals surface area contributed by atoms with Gasteiger partial charge in [-0.2, -0.15) is 4.98 Å². The predicted octanol–water partition coefficient (Wildman–Crippen LogP) is 5.80. The smallest absolute Gasteiger partial charge is 0.241 e. The lowest BCUT2D eigenvalue weighted by Crippen LogP contribution is -2.40. The molecule has 0 radical (unpaired) electrons. The molecule has 1 N–H and O–H groups in total. The van der Waals surface area contributed by atoms with Gasteiger partial charge in [0, 0.05) is 36.1 Å². The minimum absolute atomic E-state index is 0.0235. The molecule has 38 heavy (non-hydrogen) atoms. The van der Waals surface area contributed by atoms with E-state index < -0.39 is 0 Å². The molecule has 3 heterocycles. The second kappa shape index (κ2) is 12.6. The molecule has 1 aromatic heterocycles. The van der Waals surface area contributed by atoms with Crippen LogP contribution in [0.15, 0.2) is 47.0 Å². The molecule has 0 bridgehead atoms. The third-order valence-electron chi connectivity index (χ3n) is 7.56. The number of amides is 1. The van der Waals surface area contributed by atoms with Gasteiger partial charge in [-0.25, -0.2) is 0 Å². The van der Waals surface area contributed by atoms with E-state index in [0.717, 1.165) is 44.0 Å². The number of hydrogen-bond donors (Lipinski definition) is 1. The molecular formula is C29H35Cl2N5O2. The van der Waals surface area contributed by atoms with Crippen LogP contribution in [0.1, 0.15) is 49.6 Å². The van der Waals surface area contributed by atoms with E-state index in [2.05, 4.69) is 56.4 Å². The van der Waals surface area contributed by atoms with E-state index in [1.54, 1.807) is 18.2 Å². The summed E-state index contributed by atoms with van der Waals surface area (Å²) in [6.45, 7) is 8.40. The predicted molar refractivity (Wildman–Crippen MR) is 150 cm³/mol. The van der Waals surface area contributed by atoms with E-state index >= 15 is 0 Å². The van der Waals surface area contributed by atoms with Crippen molar-refractivity contribution in [3.63, 3.8) is 0 Å². The van der Waals surface area contributed by atoms with Crippen molar-refractivity contribution in [1.29, 1.82) is 0 Å². The molecular weight excluding hydrogens is 521 g/mol. The Balaban J connectivity index is 1.07. The van der Waals surface area contributed by atoms with Crippen molar-refractivity contribution in [2.45, 2.75) is 52.2 Å². The van der Waals surface area contributed by atoms with Crippen molar-refractivity contribution in [2.75, 3.05) is 26.2 Å². The van der Waals surface area contributed by atoms with E-state index in [1.807, 2.05) is 0 Å². The Morgan fingerprint density at radius 2 is 1.84 bits per heavy atom. The normalized spacial score (nSPS) is 19.5. The van der Waals surface area contributed by atoms with Gasteiger partial charge >= 0.3 is 0 Å². The lowest BCUT2D eigenvalue weighted by Gasteiger charge is -2.31. The maximum Gasteiger partial charge on any atom is 0.241 e. The first-order chi connectivity index (χ1) is 18.4. The van der Waals surface area contributed by atoms with Crippen molar-refractivity contribution in [1.82, 2.24) is 25.3 Å². The van der Waals surface area contributed by atoms with Crippen molar-refractivity contribution in [3.05, 3.63) is 69.5 Å². The van der Waals surface area contributed by atoms with Gasteiger partial charge in [-0.15, -0.1) is 0 Å². The summed E-state index contributed by atoms with van der Waals surface area (Å²) in [5.74, 6) is 1.92. The largest absolute Gasteiger partial charge is 0.352 e. The number of nitrogens with zero attached hydrogens (tertiary/aromatic N) is 4. The molecule has 1 atom stereocenters. The summed E-state index contributed by atoms with van der Waals surface area (Å²) in [4.78, 5) is 22.2. The second-order valence-corrected chi connectivity index (χ2v) is 11.6. The topological polar surface area (TPSA) is 74.5 Å². The lowest BCUT2D eigenvalue weighted by atomic mass is 9.95. The van der Waals surface area contributed by atoms with Gasteiger partial charge in [0.05, 0.1) is 11.6 Å². The maximum atomic E-state index is 12.9. The number of benzene rings is 2. The molecule has 1 unspecified atom stereocenters. The summed E-state index contributed by atoms with van der Waals surface area (Å²) in [6.07, 6.45) is 4.23. The molecule has 3 aromatic rings. The Kier molecular flexibility index (Phi) is 9.00. The molecule has 7 nitrogen and oxygen atoms in total. The number of hydrogen-bond acceptors (Lipinski definition) is 6. The lowest BCUT2D eigenvalue weighted by molar-refractivity contribution is -0.126. The Morgan fingerprint density at radius 3 is 2.63 bits per heavy atom. The highest BCUT2D eigenvalue weighted by molar-refractivity contribution is 6.36. The van der Waals surface area contributed by atoms with Crippen LogP contribution in [-0.2, 0) is 24.4 Å². The molecule has 202 valence electrons. The van der Waals surface area contributed by atoms with Crippen molar-refractivity contribution >= 4 is 29.1 Å². The van der Waals surface area contributed by atoms with Crippen molar-refractivity contribution in [2.24, 2.45) is 11.8 Å². The zero-order valence-corrected chi connectivity index (χ0v) is 23.3. The first kappa shape index (κ1) is 27.1. The Hall–Kier alpha value is -2.45. The zero-order chi connectivity index (χ0) is 26.5. The first-order valence-corrected chi connectivity index (χ1v) is 14.3. The summed E-state index contributed by atoms with van der Waals surface area (Å²) >= 11 is 12.3. The van der Waals surface area contributed by atoms with Gasteiger partial charge in [-0.1, -0.05) is 59.5 Å². The molecule has 0 aliphatic carbocycles. The monoisotopic (exact) mass is 555 g/mol. The number of aromatic nitrogens is 2. The SMILES string of the molecule is CC1CCCN(Cc2cccc(CNC(=O)C3CCN(Cc4nc(-c5ccc(Cl)cc5Cl)no4)CC3)c2)C1. The molecule has 1 amide bonds. The Bertz CT molecular complexity index is 1240. The molecule has 2 aromatic carbocycles. The van der Waals surface area contributed by atoms with E-state index in [1.165, 1.54) is 31.5 Å². The number of nitrogens with one attached hydrogen (secondary N) is 1. The minimum Gasteiger partial charge on any atom is -0.352 e. The Morgan fingerprint density at radius 1 is 1.03 bits per heavy atom. The van der Waals surface area contributed by atoms with E-state index in [0.29, 0.717) is 40.4 Å². The molecule has 0 saturated carbocycles. The third kappa shape index (κ3) is 7.14. The summed E-state index contributed by atoms with van der Waals surface area (Å²) in [5.41, 5.74) is 3.17. The van der Waals surface area contributed by atoms with Gasteiger partial charge in [-0.3, -0.25) is 14.6 Å². The fourth-order valence-corrected chi connectivity index (χ4v) is 6.00. The van der Waals surface area contributed by atoms with Crippen LogP contribution in [0.2, 0.25) is 10.0 Å². The van der Waals surface area contributed by atoms with Crippen LogP contribution in [0, 0.1) is 11.8 Å². The molecule has 0 spiro atoms. The maximum absolute atomic E-state index is 12.9. The van der Waals surface area contributed by atoms with Gasteiger partial charge in [0.1, 0.15) is 0 Å². The third-order valence-corrected chi connectivity index (χ3v) is 8.11. The van der Waals surface area contributed by atoms with Gasteiger partial charge < -0.3 is 9.84 Å². The summed E-state index contributed by atoms with van der Waals surface area (Å²) in [5, 5.41) is 8.29. The highest BCUT2D eigenvalue weighted by Gasteiger charge is 2.26. The van der Waals surface area contributed by atoms with Crippen LogP contribution in [0.25, 0.3) is 11.4 Å². The van der Waals surface area contributed by atoms with Gasteiger partial charge in [-0.05, 0) is 80.6 Å². The first-order valence-electron chi connectivity index (χ1n) is 13.5. The molecule has 9 heteroatoms. The zero-order valence-electron chi connectivity index (χ0n) is 21.8. The average Bonchev–Trinajstić information content (AvgIpc) is 3.36. The quantitative estimate of drug-likeness (QED) is 0.378. The van der Waals surface area contributed by atoms with Crippen molar-refractivity contribution in [3.8, 4) is 11.4 Å². The summed E-state index contributed by atoms with van der Waals surface area (Å²) in [7, 11) is 0. The molecule has 2 saturated heterocycles. The fourth-order valence-electron chi connectivity index (χ4n) is 5.50.